The van der Waals surface area contributed by atoms with Crippen molar-refractivity contribution in [3.8, 4) is 0 Å². The van der Waals surface area contributed by atoms with Crippen molar-refractivity contribution in [2.75, 3.05) is 7.11 Å². The number of carbonyl (C=O) groups excluding carboxylic acids is 1. The standard InChI is InChI=1S/C10H18O3/c1-7(13-5)8(11)6-9(12)10(2,3)4/h6-7,12H,1-5H3. The third-order valence-corrected chi connectivity index (χ3v) is 1.80. The Kier molecular flexibility index (Phi) is 4.14. The molecule has 0 saturated heterocycles. The molecule has 0 bridgehead atoms. The summed E-state index contributed by atoms with van der Waals surface area (Å²) in [5.74, 6) is -0.128. The van der Waals surface area contributed by atoms with Crippen LogP contribution < -0.4 is 0 Å². The summed E-state index contributed by atoms with van der Waals surface area (Å²) in [6.07, 6.45) is 0.734. The number of aliphatic hydroxyl groups is 1. The number of aliphatic hydroxyl groups excluding tert-OH is 1. The van der Waals surface area contributed by atoms with Crippen molar-refractivity contribution >= 4 is 5.78 Å². The Bertz CT molecular complexity index is 211. The summed E-state index contributed by atoms with van der Waals surface area (Å²) < 4.78 is 4.82. The first-order chi connectivity index (χ1) is 5.79. The maximum atomic E-state index is 11.3. The Morgan fingerprint density at radius 2 is 1.92 bits per heavy atom. The molecule has 1 atom stereocenters. The van der Waals surface area contributed by atoms with Crippen molar-refractivity contribution < 1.29 is 14.6 Å². The highest BCUT2D eigenvalue weighted by molar-refractivity contribution is 5.93. The average Bonchev–Trinajstić information content (AvgIpc) is 2.01. The zero-order valence-electron chi connectivity index (χ0n) is 8.92. The van der Waals surface area contributed by atoms with Gasteiger partial charge >= 0.3 is 0 Å². The lowest BCUT2D eigenvalue weighted by atomic mass is 9.93. The molecule has 13 heavy (non-hydrogen) atoms. The number of rotatable bonds is 3. The van der Waals surface area contributed by atoms with Gasteiger partial charge in [0.2, 0.25) is 0 Å². The molecule has 1 unspecified atom stereocenters. The van der Waals surface area contributed by atoms with E-state index < -0.39 is 6.10 Å². The van der Waals surface area contributed by atoms with E-state index in [-0.39, 0.29) is 17.0 Å². The normalized spacial score (nSPS) is 15.6. The molecule has 0 amide bonds. The van der Waals surface area contributed by atoms with E-state index in [9.17, 15) is 9.90 Å². The molecule has 0 aromatic heterocycles. The summed E-state index contributed by atoms with van der Waals surface area (Å²) in [6.45, 7) is 7.16. The Labute approximate surface area is 79.4 Å². The Balaban J connectivity index is 4.49. The lowest BCUT2D eigenvalue weighted by molar-refractivity contribution is -0.123. The topological polar surface area (TPSA) is 46.5 Å². The van der Waals surface area contributed by atoms with Crippen molar-refractivity contribution in [2.24, 2.45) is 5.41 Å². The molecule has 0 aromatic rings. The number of ketones is 1. The molecule has 0 aliphatic carbocycles. The molecule has 76 valence electrons. The molecule has 0 fully saturated rings. The quantitative estimate of drug-likeness (QED) is 0.542. The molecular formula is C10H18O3. The predicted octanol–water partition coefficient (Wildman–Crippen LogP) is 2.08. The van der Waals surface area contributed by atoms with E-state index in [1.807, 2.05) is 20.8 Å². The molecule has 0 aliphatic heterocycles. The Morgan fingerprint density at radius 1 is 1.46 bits per heavy atom. The maximum absolute atomic E-state index is 11.3. The van der Waals surface area contributed by atoms with Crippen LogP contribution in [0, 0.1) is 5.41 Å². The number of ether oxygens (including phenoxy) is 1. The summed E-state index contributed by atoms with van der Waals surface area (Å²) in [6, 6.07) is 0. The van der Waals surface area contributed by atoms with Gasteiger partial charge in [-0.2, -0.15) is 0 Å². The van der Waals surface area contributed by atoms with Gasteiger partial charge in [0, 0.05) is 18.6 Å². The minimum Gasteiger partial charge on any atom is -0.512 e. The van der Waals surface area contributed by atoms with E-state index in [4.69, 9.17) is 4.74 Å². The second-order valence-electron chi connectivity index (χ2n) is 4.06. The minimum atomic E-state index is -0.496. The number of hydrogen-bond acceptors (Lipinski definition) is 3. The molecule has 0 spiro atoms. The van der Waals surface area contributed by atoms with Crippen LogP contribution in [0.3, 0.4) is 0 Å². The summed E-state index contributed by atoms with van der Waals surface area (Å²) in [5.41, 5.74) is -0.386. The van der Waals surface area contributed by atoms with Crippen molar-refractivity contribution in [2.45, 2.75) is 33.8 Å². The monoisotopic (exact) mass is 186 g/mol. The SMILES string of the molecule is COC(C)C(=O)C=C(O)C(C)(C)C. The van der Waals surface area contributed by atoms with Crippen molar-refractivity contribution in [3.63, 3.8) is 0 Å². The molecule has 0 rings (SSSR count). The highest BCUT2D eigenvalue weighted by Crippen LogP contribution is 2.22. The average molecular weight is 186 g/mol. The summed E-state index contributed by atoms with van der Waals surface area (Å²) in [5, 5.41) is 9.49. The van der Waals surface area contributed by atoms with Gasteiger partial charge in [-0.15, -0.1) is 0 Å². The van der Waals surface area contributed by atoms with Gasteiger partial charge < -0.3 is 9.84 Å². The van der Waals surface area contributed by atoms with Gasteiger partial charge in [-0.05, 0) is 6.92 Å². The lowest BCUT2D eigenvalue weighted by Crippen LogP contribution is -2.19. The first kappa shape index (κ1) is 12.2. The zero-order chi connectivity index (χ0) is 10.6. The maximum Gasteiger partial charge on any atom is 0.187 e. The van der Waals surface area contributed by atoms with Gasteiger partial charge in [-0.1, -0.05) is 20.8 Å². The molecule has 3 heteroatoms. The fourth-order valence-corrected chi connectivity index (χ4v) is 0.585. The van der Waals surface area contributed by atoms with Gasteiger partial charge in [0.05, 0.1) is 0 Å². The number of hydrogen-bond donors (Lipinski definition) is 1. The highest BCUT2D eigenvalue weighted by Gasteiger charge is 2.18. The van der Waals surface area contributed by atoms with E-state index in [1.54, 1.807) is 6.92 Å². The first-order valence-corrected chi connectivity index (χ1v) is 4.27. The molecule has 0 saturated carbocycles. The van der Waals surface area contributed by atoms with Crippen LogP contribution in [0.5, 0.6) is 0 Å². The van der Waals surface area contributed by atoms with E-state index in [0.717, 1.165) is 0 Å². The molecule has 0 heterocycles. The number of carbonyl (C=O) groups is 1. The Morgan fingerprint density at radius 3 is 2.23 bits per heavy atom. The lowest BCUT2D eigenvalue weighted by Gasteiger charge is -2.17. The third-order valence-electron chi connectivity index (χ3n) is 1.80. The van der Waals surface area contributed by atoms with Gasteiger partial charge in [-0.3, -0.25) is 4.79 Å². The van der Waals surface area contributed by atoms with Crippen LogP contribution in [0.1, 0.15) is 27.7 Å². The second-order valence-corrected chi connectivity index (χ2v) is 4.06. The number of allylic oxidation sites excluding steroid dienone is 1. The molecule has 3 nitrogen and oxygen atoms in total. The summed E-state index contributed by atoms with van der Waals surface area (Å²) >= 11 is 0. The van der Waals surface area contributed by atoms with Gasteiger partial charge in [0.15, 0.2) is 5.78 Å². The van der Waals surface area contributed by atoms with Crippen molar-refractivity contribution in [3.05, 3.63) is 11.8 Å². The molecule has 0 radical (unpaired) electrons. The van der Waals surface area contributed by atoms with Crippen molar-refractivity contribution in [1.82, 2.24) is 0 Å². The largest absolute Gasteiger partial charge is 0.512 e. The molecule has 0 aliphatic rings. The van der Waals surface area contributed by atoms with E-state index in [2.05, 4.69) is 0 Å². The summed E-state index contributed by atoms with van der Waals surface area (Å²) in [4.78, 5) is 11.3. The van der Waals surface area contributed by atoms with Crippen LogP contribution in [0.25, 0.3) is 0 Å². The number of methoxy groups -OCH3 is 1. The minimum absolute atomic E-state index is 0.0846. The smallest absolute Gasteiger partial charge is 0.187 e. The second kappa shape index (κ2) is 4.42. The van der Waals surface area contributed by atoms with Crippen LogP contribution in [-0.2, 0) is 9.53 Å². The molecule has 1 N–H and O–H groups in total. The third kappa shape index (κ3) is 4.08. The van der Waals surface area contributed by atoms with E-state index in [1.165, 1.54) is 13.2 Å². The fraction of sp³-hybridized carbons (Fsp3) is 0.700. The van der Waals surface area contributed by atoms with Crippen molar-refractivity contribution in [1.29, 1.82) is 0 Å². The predicted molar refractivity (Wildman–Crippen MR) is 51.6 cm³/mol. The first-order valence-electron chi connectivity index (χ1n) is 4.27. The van der Waals surface area contributed by atoms with Crippen LogP contribution in [0.2, 0.25) is 0 Å². The van der Waals surface area contributed by atoms with Crippen LogP contribution >= 0.6 is 0 Å². The van der Waals surface area contributed by atoms with Crippen LogP contribution in [-0.4, -0.2) is 24.1 Å². The molecular weight excluding hydrogens is 168 g/mol. The van der Waals surface area contributed by atoms with Crippen LogP contribution in [0.4, 0.5) is 0 Å². The Hall–Kier alpha value is -0.830. The van der Waals surface area contributed by atoms with Crippen LogP contribution in [0.15, 0.2) is 11.8 Å². The van der Waals surface area contributed by atoms with E-state index >= 15 is 0 Å². The zero-order valence-corrected chi connectivity index (χ0v) is 8.92. The fourth-order valence-electron chi connectivity index (χ4n) is 0.585. The van der Waals surface area contributed by atoms with Gasteiger partial charge in [-0.25, -0.2) is 0 Å². The highest BCUT2D eigenvalue weighted by atomic mass is 16.5. The van der Waals surface area contributed by atoms with Gasteiger partial charge in [0.1, 0.15) is 11.9 Å². The van der Waals surface area contributed by atoms with E-state index in [0.29, 0.717) is 0 Å². The van der Waals surface area contributed by atoms with Gasteiger partial charge in [0.25, 0.3) is 0 Å². The molecule has 0 aromatic carbocycles. The summed E-state index contributed by atoms with van der Waals surface area (Å²) in [7, 11) is 1.46.